The normalized spacial score (nSPS) is 25.7. The van der Waals surface area contributed by atoms with E-state index in [-0.39, 0.29) is 18.2 Å². The predicted octanol–water partition coefficient (Wildman–Crippen LogP) is 0.409. The van der Waals surface area contributed by atoms with Gasteiger partial charge in [-0.15, -0.1) is 0 Å². The first-order chi connectivity index (χ1) is 10.2. The number of carbonyl (C=O) groups is 2. The molecule has 0 aliphatic carbocycles. The highest BCUT2D eigenvalue weighted by molar-refractivity contribution is 5.93. The summed E-state index contributed by atoms with van der Waals surface area (Å²) in [4.78, 5) is 29.9. The van der Waals surface area contributed by atoms with Crippen molar-refractivity contribution in [1.82, 2.24) is 19.7 Å². The molecular weight excluding hydrogens is 272 g/mol. The molecule has 0 bridgehead atoms. The van der Waals surface area contributed by atoms with Crippen molar-refractivity contribution in [2.75, 3.05) is 19.7 Å². The predicted molar refractivity (Wildman–Crippen MR) is 73.4 cm³/mol. The number of carbonyl (C=O) groups excluding carboxylic acids is 2. The summed E-state index contributed by atoms with van der Waals surface area (Å²) < 4.78 is 7.35. The molecule has 0 radical (unpaired) electrons. The highest BCUT2D eigenvalue weighted by Crippen LogP contribution is 2.33. The Morgan fingerprint density at radius 1 is 1.43 bits per heavy atom. The molecule has 2 saturated heterocycles. The van der Waals surface area contributed by atoms with E-state index in [1.54, 1.807) is 15.9 Å². The molecule has 2 aliphatic heterocycles. The average Bonchev–Trinajstić information content (AvgIpc) is 3.14. The van der Waals surface area contributed by atoms with Crippen molar-refractivity contribution in [2.24, 2.45) is 0 Å². The van der Waals surface area contributed by atoms with Gasteiger partial charge in [-0.05, 0) is 19.3 Å². The summed E-state index contributed by atoms with van der Waals surface area (Å²) in [6.45, 7) is 2.15. The van der Waals surface area contributed by atoms with Crippen molar-refractivity contribution in [2.45, 2.75) is 44.2 Å². The van der Waals surface area contributed by atoms with Gasteiger partial charge in [-0.1, -0.05) is 0 Å². The number of Topliss-reactive ketones (excluding diaryl/α,β-unsaturated/α-hetero) is 1. The maximum Gasteiger partial charge on any atom is 0.223 e. The van der Waals surface area contributed by atoms with Crippen LogP contribution >= 0.6 is 0 Å². The number of rotatable bonds is 4. The van der Waals surface area contributed by atoms with Crippen LogP contribution in [0.25, 0.3) is 0 Å². The van der Waals surface area contributed by atoms with Crippen LogP contribution in [0, 0.1) is 0 Å². The van der Waals surface area contributed by atoms with Gasteiger partial charge >= 0.3 is 0 Å². The van der Waals surface area contributed by atoms with Gasteiger partial charge in [0, 0.05) is 32.5 Å². The van der Waals surface area contributed by atoms with E-state index in [4.69, 9.17) is 4.74 Å². The molecule has 2 aliphatic rings. The monoisotopic (exact) mass is 292 g/mol. The van der Waals surface area contributed by atoms with E-state index in [2.05, 4.69) is 10.1 Å². The third-order valence-electron chi connectivity index (χ3n) is 4.33. The molecule has 0 N–H and O–H groups in total. The first-order valence-electron chi connectivity index (χ1n) is 7.47. The number of aryl methyl sites for hydroxylation is 1. The maximum atomic E-state index is 12.3. The van der Waals surface area contributed by atoms with Crippen LogP contribution in [0.1, 0.15) is 32.1 Å². The van der Waals surface area contributed by atoms with Gasteiger partial charge in [-0.25, -0.2) is 4.98 Å². The molecule has 3 rings (SSSR count). The summed E-state index contributed by atoms with van der Waals surface area (Å²) in [6, 6.07) is 0. The largest absolute Gasteiger partial charge is 0.367 e. The summed E-state index contributed by atoms with van der Waals surface area (Å²) in [5, 5.41) is 4.00. The van der Waals surface area contributed by atoms with Crippen molar-refractivity contribution in [3.05, 3.63) is 12.7 Å². The summed E-state index contributed by atoms with van der Waals surface area (Å²) >= 11 is 0. The Bertz CT molecular complexity index is 508. The summed E-state index contributed by atoms with van der Waals surface area (Å²) in [6.07, 6.45) is 6.64. The average molecular weight is 292 g/mol. The minimum atomic E-state index is -0.586. The molecule has 1 spiro atoms. The van der Waals surface area contributed by atoms with E-state index >= 15 is 0 Å². The number of hydrogen-bond acceptors (Lipinski definition) is 5. The number of ether oxygens (including phenoxy) is 1. The van der Waals surface area contributed by atoms with Crippen LogP contribution in [0.2, 0.25) is 0 Å². The Morgan fingerprint density at radius 3 is 3.00 bits per heavy atom. The van der Waals surface area contributed by atoms with Crippen LogP contribution in [0.15, 0.2) is 12.7 Å². The molecule has 7 heteroatoms. The number of likely N-dealkylation sites (tertiary alicyclic amines) is 1. The van der Waals surface area contributed by atoms with Gasteiger partial charge in [0.2, 0.25) is 5.91 Å². The zero-order valence-electron chi connectivity index (χ0n) is 12.0. The number of hydrogen-bond donors (Lipinski definition) is 0. The van der Waals surface area contributed by atoms with Crippen molar-refractivity contribution in [3.63, 3.8) is 0 Å². The SMILES string of the molecule is O=C(CCCn1cncn1)N1CC[C@]2(CCCO2)C(=O)C1. The van der Waals surface area contributed by atoms with E-state index in [1.807, 2.05) is 0 Å². The molecule has 1 amide bonds. The smallest absolute Gasteiger partial charge is 0.223 e. The van der Waals surface area contributed by atoms with Gasteiger partial charge in [0.25, 0.3) is 0 Å². The Hall–Kier alpha value is -1.76. The summed E-state index contributed by atoms with van der Waals surface area (Å²) in [5.41, 5.74) is -0.586. The van der Waals surface area contributed by atoms with Crippen molar-refractivity contribution < 1.29 is 14.3 Å². The first kappa shape index (κ1) is 14.2. The fourth-order valence-electron chi connectivity index (χ4n) is 3.08. The molecule has 1 aromatic heterocycles. The fourth-order valence-corrected chi connectivity index (χ4v) is 3.08. The lowest BCUT2D eigenvalue weighted by Gasteiger charge is -2.37. The number of nitrogens with zero attached hydrogens (tertiary/aromatic N) is 4. The van der Waals surface area contributed by atoms with Crippen molar-refractivity contribution in [3.8, 4) is 0 Å². The number of amides is 1. The highest BCUT2D eigenvalue weighted by atomic mass is 16.5. The van der Waals surface area contributed by atoms with Gasteiger partial charge in [0.05, 0.1) is 6.54 Å². The standard InChI is InChI=1S/C14H20N4O3/c19-12-9-17(7-5-14(12)4-2-8-21-14)13(20)3-1-6-18-11-15-10-16-18/h10-11H,1-9H2/t14-/m1/s1. The molecule has 3 heterocycles. The second kappa shape index (κ2) is 5.93. The van der Waals surface area contributed by atoms with E-state index in [0.29, 0.717) is 39.0 Å². The molecule has 0 saturated carbocycles. The van der Waals surface area contributed by atoms with E-state index in [9.17, 15) is 9.59 Å². The van der Waals surface area contributed by atoms with Gasteiger partial charge in [-0.3, -0.25) is 14.3 Å². The zero-order valence-corrected chi connectivity index (χ0v) is 12.0. The summed E-state index contributed by atoms with van der Waals surface area (Å²) in [7, 11) is 0. The Labute approximate surface area is 123 Å². The number of aromatic nitrogens is 3. The van der Waals surface area contributed by atoms with Crippen LogP contribution in [-0.4, -0.2) is 56.7 Å². The molecule has 7 nitrogen and oxygen atoms in total. The summed E-state index contributed by atoms with van der Waals surface area (Å²) in [5.74, 6) is 0.104. The van der Waals surface area contributed by atoms with Crippen molar-refractivity contribution in [1.29, 1.82) is 0 Å². The van der Waals surface area contributed by atoms with Gasteiger partial charge in [-0.2, -0.15) is 5.10 Å². The lowest BCUT2D eigenvalue weighted by molar-refractivity contribution is -0.152. The highest BCUT2D eigenvalue weighted by Gasteiger charge is 2.46. The topological polar surface area (TPSA) is 77.3 Å². The lowest BCUT2D eigenvalue weighted by Crippen LogP contribution is -2.53. The van der Waals surface area contributed by atoms with Crippen LogP contribution in [0.3, 0.4) is 0 Å². The van der Waals surface area contributed by atoms with Gasteiger partial charge in [0.15, 0.2) is 5.78 Å². The molecule has 0 aromatic carbocycles. The molecule has 21 heavy (non-hydrogen) atoms. The van der Waals surface area contributed by atoms with Gasteiger partial charge in [0.1, 0.15) is 18.3 Å². The van der Waals surface area contributed by atoms with E-state index in [0.717, 1.165) is 12.8 Å². The Balaban J connectivity index is 1.47. The molecule has 2 fully saturated rings. The molecule has 114 valence electrons. The molecular formula is C14H20N4O3. The zero-order chi connectivity index (χ0) is 14.7. The van der Waals surface area contributed by atoms with Crippen LogP contribution in [0.4, 0.5) is 0 Å². The second-order valence-electron chi connectivity index (χ2n) is 5.70. The third-order valence-corrected chi connectivity index (χ3v) is 4.33. The molecule has 1 atom stereocenters. The quantitative estimate of drug-likeness (QED) is 0.803. The first-order valence-corrected chi connectivity index (χ1v) is 7.47. The Morgan fingerprint density at radius 2 is 2.33 bits per heavy atom. The van der Waals surface area contributed by atoms with Crippen molar-refractivity contribution >= 4 is 11.7 Å². The fraction of sp³-hybridized carbons (Fsp3) is 0.714. The molecule has 1 aromatic rings. The van der Waals surface area contributed by atoms with E-state index in [1.165, 1.54) is 6.33 Å². The molecule has 0 unspecified atom stereocenters. The Kier molecular flexibility index (Phi) is 4.01. The van der Waals surface area contributed by atoms with Gasteiger partial charge < -0.3 is 9.64 Å². The lowest BCUT2D eigenvalue weighted by atomic mass is 9.87. The van der Waals surface area contributed by atoms with Crippen LogP contribution < -0.4 is 0 Å². The minimum Gasteiger partial charge on any atom is -0.367 e. The number of ketones is 1. The van der Waals surface area contributed by atoms with E-state index < -0.39 is 5.60 Å². The van der Waals surface area contributed by atoms with Crippen LogP contribution in [-0.2, 0) is 20.9 Å². The third kappa shape index (κ3) is 2.97. The maximum absolute atomic E-state index is 12.3. The minimum absolute atomic E-state index is 0.0383. The van der Waals surface area contributed by atoms with Crippen LogP contribution in [0.5, 0.6) is 0 Å². The number of piperidine rings is 1. The second-order valence-corrected chi connectivity index (χ2v) is 5.70.